The number of hydrogen-bond acceptors (Lipinski definition) is 11. The highest BCUT2D eigenvalue weighted by atomic mass is 32.2. The third-order valence-electron chi connectivity index (χ3n) is 10.6. The molecule has 6 rings (SSSR count). The number of oxime groups is 1. The third-order valence-corrected chi connectivity index (χ3v) is 11.9. The maximum absolute atomic E-state index is 13.1. The van der Waals surface area contributed by atoms with E-state index in [0.29, 0.717) is 37.3 Å². The Morgan fingerprint density at radius 3 is 2.67 bits per heavy atom. The van der Waals surface area contributed by atoms with E-state index in [2.05, 4.69) is 33.1 Å². The van der Waals surface area contributed by atoms with Crippen molar-refractivity contribution in [2.24, 2.45) is 22.9 Å². The van der Waals surface area contributed by atoms with Gasteiger partial charge in [-0.05, 0) is 72.6 Å². The van der Waals surface area contributed by atoms with Crippen LogP contribution in [-0.4, -0.2) is 75.7 Å². The molecule has 11 nitrogen and oxygen atoms in total. The SMILES string of the molecule is C=CCOC12Oc3ccc(OC(=O)NCc4ccccc4)cc3C3C(CCCCO)C(CCCCO)C=C(C(=NOC)CC1SCCc1cnccn1)C32. The van der Waals surface area contributed by atoms with Crippen LogP contribution in [0, 0.1) is 17.8 Å². The molecule has 12 heteroatoms. The van der Waals surface area contributed by atoms with E-state index in [4.69, 9.17) is 19.0 Å². The van der Waals surface area contributed by atoms with Crippen LogP contribution < -0.4 is 14.8 Å². The lowest BCUT2D eigenvalue weighted by atomic mass is 9.56. The summed E-state index contributed by atoms with van der Waals surface area (Å²) in [5, 5.41) is 26.9. The number of allylic oxidation sites excluding steroid dienone is 1. The van der Waals surface area contributed by atoms with Crippen LogP contribution >= 0.6 is 11.8 Å². The molecule has 1 fully saturated rings. The number of unbranched alkanes of at least 4 members (excludes halogenated alkanes) is 2. The zero-order chi connectivity index (χ0) is 37.8. The lowest BCUT2D eigenvalue weighted by molar-refractivity contribution is -0.223. The van der Waals surface area contributed by atoms with Crippen molar-refractivity contribution in [2.75, 3.05) is 32.7 Å². The number of ether oxygens (including phenoxy) is 3. The Balaban J connectivity index is 1.43. The molecule has 1 aliphatic heterocycles. The number of fused-ring (bicyclic) bond motifs is 2. The maximum Gasteiger partial charge on any atom is 0.412 e. The number of rotatable bonds is 19. The van der Waals surface area contributed by atoms with E-state index in [9.17, 15) is 15.0 Å². The van der Waals surface area contributed by atoms with Crippen LogP contribution in [0.2, 0.25) is 0 Å². The topological polar surface area (TPSA) is 145 Å². The molecule has 0 spiro atoms. The second-order valence-electron chi connectivity index (χ2n) is 14.0. The monoisotopic (exact) mass is 756 g/mol. The summed E-state index contributed by atoms with van der Waals surface area (Å²) in [5.74, 6) is 0.661. The second kappa shape index (κ2) is 19.4. The number of benzene rings is 2. The summed E-state index contributed by atoms with van der Waals surface area (Å²) >= 11 is 1.77. The minimum absolute atomic E-state index is 0.113. The lowest BCUT2D eigenvalue weighted by Crippen LogP contribution is -2.64. The summed E-state index contributed by atoms with van der Waals surface area (Å²) < 4.78 is 20.0. The van der Waals surface area contributed by atoms with Gasteiger partial charge in [-0.15, -0.1) is 6.58 Å². The van der Waals surface area contributed by atoms with Crippen molar-refractivity contribution in [3.05, 3.63) is 108 Å². The van der Waals surface area contributed by atoms with Crippen LogP contribution in [0.4, 0.5) is 4.79 Å². The highest BCUT2D eigenvalue weighted by Crippen LogP contribution is 2.62. The molecule has 0 bridgehead atoms. The summed E-state index contributed by atoms with van der Waals surface area (Å²) in [4.78, 5) is 27.3. The standard InChI is InChI=1S/C42H52N4O7S/c1-3-22-51-42-38(54-23-17-31-28-43-18-19-44-31)26-36(46-50-2)34-24-30(13-7-9-20-47)33(14-8-10-21-48)39(40(34)42)35-25-32(15-16-37(35)53-42)52-41(49)45-27-29-11-5-4-6-12-29/h3-6,11-12,15-16,18-19,24-25,28,30,33,38-40,47-48H,1,7-10,13-14,17,20-23,26-27H2,2H3,(H,45,49). The molecule has 3 aromatic rings. The van der Waals surface area contributed by atoms with E-state index in [0.717, 1.165) is 66.0 Å². The summed E-state index contributed by atoms with van der Waals surface area (Å²) in [5.41, 5.74) is 4.73. The number of amides is 1. The van der Waals surface area contributed by atoms with Gasteiger partial charge in [-0.3, -0.25) is 9.97 Å². The lowest BCUT2D eigenvalue weighted by Gasteiger charge is -2.58. The van der Waals surface area contributed by atoms with Gasteiger partial charge in [0.05, 0.1) is 29.2 Å². The third kappa shape index (κ3) is 9.17. The first-order valence-electron chi connectivity index (χ1n) is 19.0. The number of aromatic nitrogens is 2. The predicted octanol–water partition coefficient (Wildman–Crippen LogP) is 7.00. The van der Waals surface area contributed by atoms with Crippen molar-refractivity contribution in [1.29, 1.82) is 0 Å². The minimum atomic E-state index is -1.09. The molecular formula is C42H52N4O7S. The molecule has 1 aromatic heterocycles. The number of nitrogens with zero attached hydrogens (tertiary/aromatic N) is 3. The van der Waals surface area contributed by atoms with Gasteiger partial charge in [-0.1, -0.05) is 60.5 Å². The molecule has 0 saturated heterocycles. The number of aryl methyl sites for hydroxylation is 1. The Bertz CT molecular complexity index is 1740. The van der Waals surface area contributed by atoms with E-state index in [1.165, 1.54) is 0 Å². The molecule has 6 unspecified atom stereocenters. The van der Waals surface area contributed by atoms with Crippen molar-refractivity contribution in [1.82, 2.24) is 15.3 Å². The van der Waals surface area contributed by atoms with Gasteiger partial charge in [0.1, 0.15) is 18.6 Å². The van der Waals surface area contributed by atoms with Crippen LogP contribution in [0.3, 0.4) is 0 Å². The quantitative estimate of drug-likeness (QED) is 0.0664. The van der Waals surface area contributed by atoms with E-state index in [1.807, 2.05) is 42.5 Å². The molecule has 3 aliphatic rings. The summed E-state index contributed by atoms with van der Waals surface area (Å²) in [6, 6.07) is 15.3. The van der Waals surface area contributed by atoms with Crippen LogP contribution in [0.25, 0.3) is 0 Å². The molecule has 6 atom stereocenters. The Hall–Kier alpha value is -4.23. The number of nitrogens with one attached hydrogen (secondary N) is 1. The van der Waals surface area contributed by atoms with Crippen molar-refractivity contribution >= 4 is 23.6 Å². The molecule has 1 saturated carbocycles. The molecule has 0 radical (unpaired) electrons. The van der Waals surface area contributed by atoms with Crippen LogP contribution in [-0.2, 0) is 22.5 Å². The molecule has 2 heterocycles. The predicted molar refractivity (Wildman–Crippen MR) is 209 cm³/mol. The number of aliphatic hydroxyl groups is 2. The van der Waals surface area contributed by atoms with Gasteiger partial charge >= 0.3 is 6.09 Å². The zero-order valence-corrected chi connectivity index (χ0v) is 31.8. The van der Waals surface area contributed by atoms with Gasteiger partial charge in [0.25, 0.3) is 0 Å². The molecule has 2 aliphatic carbocycles. The Morgan fingerprint density at radius 2 is 1.93 bits per heavy atom. The number of carbonyl (C=O) groups excluding carboxylic acids is 1. The average Bonchev–Trinajstić information content (AvgIpc) is 3.19. The van der Waals surface area contributed by atoms with Crippen molar-refractivity contribution in [3.63, 3.8) is 0 Å². The number of carbonyl (C=O) groups is 1. The minimum Gasteiger partial charge on any atom is -0.460 e. The Morgan fingerprint density at radius 1 is 1.11 bits per heavy atom. The van der Waals surface area contributed by atoms with Gasteiger partial charge in [0.15, 0.2) is 0 Å². The summed E-state index contributed by atoms with van der Waals surface area (Å²) in [6.45, 7) is 4.88. The molecular weight excluding hydrogens is 705 g/mol. The van der Waals surface area contributed by atoms with Crippen LogP contribution in [0.15, 0.2) is 96.6 Å². The first-order valence-corrected chi connectivity index (χ1v) is 20.0. The van der Waals surface area contributed by atoms with Gasteiger partial charge in [0.2, 0.25) is 5.79 Å². The number of thioether (sulfide) groups is 1. The van der Waals surface area contributed by atoms with E-state index >= 15 is 0 Å². The average molecular weight is 757 g/mol. The van der Waals surface area contributed by atoms with Crippen LogP contribution in [0.5, 0.6) is 11.5 Å². The van der Waals surface area contributed by atoms with E-state index in [-0.39, 0.29) is 48.7 Å². The fourth-order valence-corrected chi connectivity index (χ4v) is 9.71. The van der Waals surface area contributed by atoms with Gasteiger partial charge in [-0.2, -0.15) is 11.8 Å². The first kappa shape index (κ1) is 39.5. The maximum atomic E-state index is 13.1. The molecule has 54 heavy (non-hydrogen) atoms. The van der Waals surface area contributed by atoms with Gasteiger partial charge in [0, 0.05) is 62.7 Å². The molecule has 3 N–H and O–H groups in total. The Kier molecular flexibility index (Phi) is 14.2. The highest BCUT2D eigenvalue weighted by Gasteiger charge is 2.64. The zero-order valence-electron chi connectivity index (χ0n) is 31.0. The first-order chi connectivity index (χ1) is 26.5. The molecule has 2 aromatic carbocycles. The number of hydrogen-bond donors (Lipinski definition) is 3. The highest BCUT2D eigenvalue weighted by molar-refractivity contribution is 8.00. The van der Waals surface area contributed by atoms with E-state index in [1.54, 1.807) is 49.6 Å². The van der Waals surface area contributed by atoms with E-state index < -0.39 is 11.9 Å². The fourth-order valence-electron chi connectivity index (χ4n) is 8.33. The fraction of sp³-hybridized carbons (Fsp3) is 0.476. The van der Waals surface area contributed by atoms with Crippen LogP contribution in [0.1, 0.15) is 67.7 Å². The summed E-state index contributed by atoms with van der Waals surface area (Å²) in [6.07, 6.45) is 14.9. The largest absolute Gasteiger partial charge is 0.460 e. The Labute approximate surface area is 322 Å². The summed E-state index contributed by atoms with van der Waals surface area (Å²) in [7, 11) is 1.58. The van der Waals surface area contributed by atoms with Gasteiger partial charge in [-0.25, -0.2) is 4.79 Å². The van der Waals surface area contributed by atoms with Gasteiger partial charge < -0.3 is 34.6 Å². The van der Waals surface area contributed by atoms with Crippen molar-refractivity contribution < 1.29 is 34.1 Å². The second-order valence-corrected chi connectivity index (χ2v) is 15.3. The van der Waals surface area contributed by atoms with Crippen molar-refractivity contribution in [3.8, 4) is 11.5 Å². The molecule has 288 valence electrons. The normalized spacial score (nSPS) is 24.8. The number of aliphatic hydroxyl groups excluding tert-OH is 2. The smallest absolute Gasteiger partial charge is 0.412 e. The molecule has 1 amide bonds. The van der Waals surface area contributed by atoms with Crippen molar-refractivity contribution in [2.45, 2.75) is 74.9 Å².